The third kappa shape index (κ3) is 3.97. The average Bonchev–Trinajstić information content (AvgIpc) is 2.79. The van der Waals surface area contributed by atoms with Crippen molar-refractivity contribution in [2.24, 2.45) is 0 Å². The van der Waals surface area contributed by atoms with Gasteiger partial charge in [-0.25, -0.2) is 9.97 Å². The van der Waals surface area contributed by atoms with Crippen molar-refractivity contribution in [2.45, 2.75) is 20.0 Å². The Kier molecular flexibility index (Phi) is 5.15. The quantitative estimate of drug-likeness (QED) is 0.747. The summed E-state index contributed by atoms with van der Waals surface area (Å²) in [5.74, 6) is 3.76. The number of hydrogen-bond acceptors (Lipinski definition) is 9. The number of fused-ring (bicyclic) bond motifs is 1. The molecule has 29 heavy (non-hydrogen) atoms. The highest BCUT2D eigenvalue weighted by Gasteiger charge is 2.23. The zero-order valence-corrected chi connectivity index (χ0v) is 16.9. The fourth-order valence-electron chi connectivity index (χ4n) is 4.10. The van der Waals surface area contributed by atoms with E-state index in [0.717, 1.165) is 94.5 Å². The second-order valence-corrected chi connectivity index (χ2v) is 7.68. The Bertz CT molecular complexity index is 864. The number of nitrogens with zero attached hydrogens (tertiary/aromatic N) is 7. The summed E-state index contributed by atoms with van der Waals surface area (Å²) >= 11 is 0. The van der Waals surface area contributed by atoms with Gasteiger partial charge in [-0.3, -0.25) is 0 Å². The Balaban J connectivity index is 1.27. The number of aryl methyl sites for hydroxylation is 1. The molecule has 0 aliphatic carbocycles. The summed E-state index contributed by atoms with van der Waals surface area (Å²) in [7, 11) is 0. The van der Waals surface area contributed by atoms with Crippen LogP contribution in [0.3, 0.4) is 0 Å². The van der Waals surface area contributed by atoms with E-state index in [0.29, 0.717) is 6.61 Å². The van der Waals surface area contributed by atoms with E-state index in [-0.39, 0.29) is 0 Å². The van der Waals surface area contributed by atoms with Gasteiger partial charge >= 0.3 is 0 Å². The van der Waals surface area contributed by atoms with E-state index in [4.69, 9.17) is 14.5 Å². The number of hydrogen-bond donors (Lipinski definition) is 0. The first-order valence-corrected chi connectivity index (χ1v) is 10.4. The maximum Gasteiger partial charge on any atom is 0.151 e. The molecule has 5 rings (SSSR count). The number of piperazine rings is 1. The molecule has 0 saturated carbocycles. The monoisotopic (exact) mass is 397 g/mol. The smallest absolute Gasteiger partial charge is 0.151 e. The molecule has 0 bridgehead atoms. The highest BCUT2D eigenvalue weighted by Crippen LogP contribution is 2.24. The molecule has 3 aliphatic heterocycles. The summed E-state index contributed by atoms with van der Waals surface area (Å²) in [6.07, 6.45) is 0.856. The Labute approximate surface area is 170 Å². The molecule has 2 aromatic rings. The summed E-state index contributed by atoms with van der Waals surface area (Å²) in [6, 6.07) is 4.26. The summed E-state index contributed by atoms with van der Waals surface area (Å²) in [4.78, 5) is 16.3. The molecule has 0 radical (unpaired) electrons. The normalized spacial score (nSPS) is 20.0. The van der Waals surface area contributed by atoms with Crippen LogP contribution in [0, 0.1) is 6.92 Å². The first kappa shape index (κ1) is 18.5. The summed E-state index contributed by atoms with van der Waals surface area (Å²) in [6.45, 7) is 10.2. The highest BCUT2D eigenvalue weighted by molar-refractivity contribution is 5.53. The first-order chi connectivity index (χ1) is 14.3. The molecule has 9 nitrogen and oxygen atoms in total. The second kappa shape index (κ2) is 8.08. The van der Waals surface area contributed by atoms with Crippen molar-refractivity contribution >= 4 is 17.5 Å². The van der Waals surface area contributed by atoms with Gasteiger partial charge in [-0.2, -0.15) is 5.10 Å². The lowest BCUT2D eigenvalue weighted by molar-refractivity contribution is 0.109. The number of rotatable bonds is 3. The molecule has 0 N–H and O–H groups in total. The molecule has 0 spiro atoms. The van der Waals surface area contributed by atoms with Crippen LogP contribution in [0.15, 0.2) is 12.1 Å². The SMILES string of the molecule is Cc1nc(N2CCOCC2)cc(N2CCN(c3cc4c(nn3)CCOC4)CC2)n1. The van der Waals surface area contributed by atoms with Gasteiger partial charge in [-0.15, -0.1) is 5.10 Å². The van der Waals surface area contributed by atoms with Gasteiger partial charge < -0.3 is 24.2 Å². The van der Waals surface area contributed by atoms with Gasteiger partial charge in [-0.05, 0) is 13.0 Å². The number of morpholine rings is 1. The van der Waals surface area contributed by atoms with Crippen molar-refractivity contribution in [1.82, 2.24) is 20.2 Å². The molecule has 5 heterocycles. The zero-order chi connectivity index (χ0) is 19.6. The standard InChI is InChI=1S/C20H27N7O2/c1-15-21-18(13-19(22-15)27-7-10-28-11-8-27)25-3-5-26(6-4-25)20-12-16-14-29-9-2-17(16)23-24-20/h12-13H,2-11,14H2,1H3. The molecule has 9 heteroatoms. The lowest BCUT2D eigenvalue weighted by Crippen LogP contribution is -2.47. The van der Waals surface area contributed by atoms with E-state index in [1.54, 1.807) is 0 Å². The minimum absolute atomic E-state index is 0.641. The van der Waals surface area contributed by atoms with Crippen LogP contribution in [0.5, 0.6) is 0 Å². The van der Waals surface area contributed by atoms with E-state index in [2.05, 4.69) is 42.0 Å². The predicted molar refractivity (Wildman–Crippen MR) is 110 cm³/mol. The van der Waals surface area contributed by atoms with E-state index in [1.165, 1.54) is 5.56 Å². The molecular weight excluding hydrogens is 370 g/mol. The Hall–Kier alpha value is -2.52. The van der Waals surface area contributed by atoms with Crippen molar-refractivity contribution in [3.8, 4) is 0 Å². The van der Waals surface area contributed by atoms with Crippen LogP contribution >= 0.6 is 0 Å². The van der Waals surface area contributed by atoms with Gasteiger partial charge in [0, 0.05) is 57.3 Å². The fourth-order valence-corrected chi connectivity index (χ4v) is 4.10. The van der Waals surface area contributed by atoms with Gasteiger partial charge in [0.15, 0.2) is 5.82 Å². The Morgan fingerprint density at radius 3 is 2.10 bits per heavy atom. The fraction of sp³-hybridized carbons (Fsp3) is 0.600. The Morgan fingerprint density at radius 1 is 0.724 bits per heavy atom. The van der Waals surface area contributed by atoms with E-state index in [9.17, 15) is 0 Å². The average molecular weight is 397 g/mol. The highest BCUT2D eigenvalue weighted by atomic mass is 16.5. The third-order valence-corrected chi connectivity index (χ3v) is 5.76. The maximum atomic E-state index is 5.57. The largest absolute Gasteiger partial charge is 0.378 e. The van der Waals surface area contributed by atoms with Gasteiger partial charge in [0.1, 0.15) is 17.5 Å². The van der Waals surface area contributed by atoms with Crippen molar-refractivity contribution in [1.29, 1.82) is 0 Å². The molecule has 0 aromatic carbocycles. The minimum Gasteiger partial charge on any atom is -0.378 e. The van der Waals surface area contributed by atoms with E-state index >= 15 is 0 Å². The van der Waals surface area contributed by atoms with Crippen molar-refractivity contribution in [3.05, 3.63) is 29.2 Å². The summed E-state index contributed by atoms with van der Waals surface area (Å²) < 4.78 is 11.0. The Morgan fingerprint density at radius 2 is 1.38 bits per heavy atom. The number of anilines is 3. The van der Waals surface area contributed by atoms with Gasteiger partial charge in [0.25, 0.3) is 0 Å². The van der Waals surface area contributed by atoms with Gasteiger partial charge in [0.2, 0.25) is 0 Å². The molecule has 0 unspecified atom stereocenters. The number of ether oxygens (including phenoxy) is 2. The van der Waals surface area contributed by atoms with Crippen LogP contribution in [-0.2, 0) is 22.5 Å². The van der Waals surface area contributed by atoms with Crippen LogP contribution in [0.4, 0.5) is 17.5 Å². The molecule has 3 aliphatic rings. The second-order valence-electron chi connectivity index (χ2n) is 7.68. The predicted octanol–water partition coefficient (Wildman–Crippen LogP) is 0.811. The molecule has 0 amide bonds. The summed E-state index contributed by atoms with van der Waals surface area (Å²) in [5.41, 5.74) is 2.25. The molecule has 2 saturated heterocycles. The first-order valence-electron chi connectivity index (χ1n) is 10.4. The van der Waals surface area contributed by atoms with Gasteiger partial charge in [-0.1, -0.05) is 0 Å². The summed E-state index contributed by atoms with van der Waals surface area (Å²) in [5, 5.41) is 8.89. The third-order valence-electron chi connectivity index (χ3n) is 5.76. The molecule has 154 valence electrons. The lowest BCUT2D eigenvalue weighted by Gasteiger charge is -2.36. The van der Waals surface area contributed by atoms with Crippen LogP contribution < -0.4 is 14.7 Å². The number of aromatic nitrogens is 4. The van der Waals surface area contributed by atoms with Crippen molar-refractivity contribution in [2.75, 3.05) is 73.8 Å². The van der Waals surface area contributed by atoms with Crippen LogP contribution in [0.1, 0.15) is 17.1 Å². The topological polar surface area (TPSA) is 79.7 Å². The van der Waals surface area contributed by atoms with Crippen LogP contribution in [-0.4, -0.2) is 79.3 Å². The minimum atomic E-state index is 0.641. The molecule has 2 fully saturated rings. The molecule has 2 aromatic heterocycles. The van der Waals surface area contributed by atoms with Crippen LogP contribution in [0.25, 0.3) is 0 Å². The lowest BCUT2D eigenvalue weighted by atomic mass is 10.1. The molecule has 0 atom stereocenters. The van der Waals surface area contributed by atoms with Crippen molar-refractivity contribution < 1.29 is 9.47 Å². The van der Waals surface area contributed by atoms with Gasteiger partial charge in [0.05, 0.1) is 32.1 Å². The molecular formula is C20H27N7O2. The zero-order valence-electron chi connectivity index (χ0n) is 16.9. The van der Waals surface area contributed by atoms with E-state index in [1.807, 2.05) is 6.92 Å². The van der Waals surface area contributed by atoms with Crippen molar-refractivity contribution in [3.63, 3.8) is 0 Å². The maximum absolute atomic E-state index is 5.57. The van der Waals surface area contributed by atoms with E-state index < -0.39 is 0 Å². The van der Waals surface area contributed by atoms with Crippen LogP contribution in [0.2, 0.25) is 0 Å².